The van der Waals surface area contributed by atoms with Gasteiger partial charge in [-0.15, -0.1) is 0 Å². The van der Waals surface area contributed by atoms with Gasteiger partial charge in [0, 0.05) is 25.1 Å². The monoisotopic (exact) mass is 438 g/mol. The second-order valence-corrected chi connectivity index (χ2v) is 7.12. The van der Waals surface area contributed by atoms with E-state index in [0.717, 1.165) is 16.7 Å². The molecule has 0 spiro atoms. The van der Waals surface area contributed by atoms with E-state index in [1.165, 1.54) is 0 Å². The molecule has 0 fully saturated rings. The number of nitrogens with one attached hydrogen (secondary N) is 1. The van der Waals surface area contributed by atoms with Crippen LogP contribution in [0.25, 0.3) is 11.5 Å². The van der Waals surface area contributed by atoms with Crippen LogP contribution in [0.15, 0.2) is 59.0 Å². The highest BCUT2D eigenvalue weighted by atomic mass is 16.5. The van der Waals surface area contributed by atoms with Gasteiger partial charge >= 0.3 is 12.1 Å². The molecule has 2 aromatic carbocycles. The first-order chi connectivity index (χ1) is 15.5. The number of rotatable bonds is 10. The summed E-state index contributed by atoms with van der Waals surface area (Å²) in [4.78, 5) is 27.8. The van der Waals surface area contributed by atoms with Gasteiger partial charge in [-0.1, -0.05) is 42.5 Å². The molecular formula is C24H26N2O6. The zero-order valence-corrected chi connectivity index (χ0v) is 18.0. The number of hydrogen-bond acceptors (Lipinski definition) is 6. The van der Waals surface area contributed by atoms with Crippen LogP contribution in [0.4, 0.5) is 4.79 Å². The number of carbonyl (C=O) groups is 2. The molecule has 3 aromatic rings. The minimum absolute atomic E-state index is 0.0112. The standard InChI is InChI=1S/C24H26N2O6/c1-3-30-21(23(27)28)13-17-8-7-9-18(12-17)14-25-24(29)31-15-20-16(2)32-22(26-20)19-10-5-4-6-11-19/h4-12,21H,3,13-15H2,1-2H3,(H,25,29)(H,27,28). The lowest BCUT2D eigenvalue weighted by Gasteiger charge is -2.13. The number of benzene rings is 2. The number of alkyl carbamates (subject to hydrolysis) is 1. The smallest absolute Gasteiger partial charge is 0.407 e. The second kappa shape index (κ2) is 11.1. The van der Waals surface area contributed by atoms with Crippen molar-refractivity contribution in [2.75, 3.05) is 6.61 Å². The number of nitrogens with zero attached hydrogens (tertiary/aromatic N) is 1. The molecular weight excluding hydrogens is 412 g/mol. The van der Waals surface area contributed by atoms with Crippen molar-refractivity contribution in [3.63, 3.8) is 0 Å². The third kappa shape index (κ3) is 6.42. The molecule has 0 aliphatic heterocycles. The Morgan fingerprint density at radius 1 is 1.12 bits per heavy atom. The maximum absolute atomic E-state index is 12.1. The molecule has 1 atom stereocenters. The van der Waals surface area contributed by atoms with Crippen molar-refractivity contribution in [2.24, 2.45) is 0 Å². The summed E-state index contributed by atoms with van der Waals surface area (Å²) < 4.78 is 16.2. The van der Waals surface area contributed by atoms with Crippen LogP contribution in [-0.2, 0) is 33.8 Å². The largest absolute Gasteiger partial charge is 0.479 e. The first-order valence-electron chi connectivity index (χ1n) is 10.3. The van der Waals surface area contributed by atoms with Gasteiger partial charge in [0.1, 0.15) is 18.1 Å². The van der Waals surface area contributed by atoms with Gasteiger partial charge in [0.05, 0.1) is 0 Å². The molecule has 1 amide bonds. The van der Waals surface area contributed by atoms with Crippen LogP contribution in [0.1, 0.15) is 29.5 Å². The Morgan fingerprint density at radius 2 is 1.88 bits per heavy atom. The highest BCUT2D eigenvalue weighted by Crippen LogP contribution is 2.21. The van der Waals surface area contributed by atoms with E-state index in [0.29, 0.717) is 24.0 Å². The Kier molecular flexibility index (Phi) is 7.99. The third-order valence-corrected chi connectivity index (χ3v) is 4.75. The normalized spacial score (nSPS) is 11.7. The van der Waals surface area contributed by atoms with Gasteiger partial charge in [0.25, 0.3) is 0 Å². The van der Waals surface area contributed by atoms with Crippen molar-refractivity contribution in [3.8, 4) is 11.5 Å². The summed E-state index contributed by atoms with van der Waals surface area (Å²) in [5.74, 6) is 0.0646. The molecule has 0 radical (unpaired) electrons. The van der Waals surface area contributed by atoms with Gasteiger partial charge in [-0.25, -0.2) is 14.6 Å². The van der Waals surface area contributed by atoms with Gasteiger partial charge in [-0.2, -0.15) is 0 Å². The molecule has 0 saturated heterocycles. The predicted octanol–water partition coefficient (Wildman–Crippen LogP) is 4.11. The Labute approximate surface area is 186 Å². The first kappa shape index (κ1) is 23.0. The predicted molar refractivity (Wildman–Crippen MR) is 117 cm³/mol. The fourth-order valence-corrected chi connectivity index (χ4v) is 3.12. The SMILES string of the molecule is CCOC(Cc1cccc(CNC(=O)OCc2nc(-c3ccccc3)oc2C)c1)C(=O)O. The lowest BCUT2D eigenvalue weighted by molar-refractivity contribution is -0.149. The van der Waals surface area contributed by atoms with Crippen molar-refractivity contribution in [2.45, 2.75) is 39.5 Å². The van der Waals surface area contributed by atoms with E-state index in [1.54, 1.807) is 13.8 Å². The quantitative estimate of drug-likeness (QED) is 0.490. The summed E-state index contributed by atoms with van der Waals surface area (Å²) in [6, 6.07) is 16.8. The molecule has 0 aliphatic rings. The molecule has 32 heavy (non-hydrogen) atoms. The Morgan fingerprint density at radius 3 is 2.59 bits per heavy atom. The Hall–Kier alpha value is -3.65. The van der Waals surface area contributed by atoms with Crippen molar-refractivity contribution in [1.29, 1.82) is 0 Å². The van der Waals surface area contributed by atoms with Crippen LogP contribution in [0.2, 0.25) is 0 Å². The van der Waals surface area contributed by atoms with Gasteiger partial charge in [0.2, 0.25) is 5.89 Å². The zero-order valence-electron chi connectivity index (χ0n) is 18.0. The summed E-state index contributed by atoms with van der Waals surface area (Å²) in [5, 5.41) is 11.9. The number of carbonyl (C=O) groups excluding carboxylic acids is 1. The van der Waals surface area contributed by atoms with E-state index in [1.807, 2.05) is 54.6 Å². The van der Waals surface area contributed by atoms with Gasteiger partial charge in [0.15, 0.2) is 6.10 Å². The number of hydrogen-bond donors (Lipinski definition) is 2. The van der Waals surface area contributed by atoms with Gasteiger partial charge in [-0.3, -0.25) is 0 Å². The van der Waals surface area contributed by atoms with Crippen molar-refractivity contribution >= 4 is 12.1 Å². The first-order valence-corrected chi connectivity index (χ1v) is 10.3. The molecule has 1 heterocycles. The second-order valence-electron chi connectivity index (χ2n) is 7.12. The summed E-state index contributed by atoms with van der Waals surface area (Å²) >= 11 is 0. The Balaban J connectivity index is 1.51. The number of aliphatic carboxylic acids is 1. The molecule has 1 aromatic heterocycles. The minimum atomic E-state index is -1.00. The molecule has 8 heteroatoms. The fraction of sp³-hybridized carbons (Fsp3) is 0.292. The van der Waals surface area contributed by atoms with Crippen molar-refractivity contribution < 1.29 is 28.6 Å². The van der Waals surface area contributed by atoms with E-state index >= 15 is 0 Å². The van der Waals surface area contributed by atoms with E-state index in [9.17, 15) is 14.7 Å². The summed E-state index contributed by atoms with van der Waals surface area (Å²) in [7, 11) is 0. The third-order valence-electron chi connectivity index (χ3n) is 4.75. The maximum atomic E-state index is 12.1. The maximum Gasteiger partial charge on any atom is 0.407 e. The van der Waals surface area contributed by atoms with E-state index in [-0.39, 0.29) is 19.6 Å². The van der Waals surface area contributed by atoms with Crippen LogP contribution >= 0.6 is 0 Å². The molecule has 3 rings (SSSR count). The number of oxazole rings is 1. The average Bonchev–Trinajstić information content (AvgIpc) is 3.17. The molecule has 1 unspecified atom stereocenters. The van der Waals surface area contributed by atoms with Crippen LogP contribution in [0, 0.1) is 6.92 Å². The average molecular weight is 438 g/mol. The number of carboxylic acid groups (broad SMARTS) is 1. The van der Waals surface area contributed by atoms with E-state index < -0.39 is 18.2 Å². The van der Waals surface area contributed by atoms with Crippen LogP contribution < -0.4 is 5.32 Å². The van der Waals surface area contributed by atoms with Crippen LogP contribution in [0.5, 0.6) is 0 Å². The zero-order chi connectivity index (χ0) is 22.9. The van der Waals surface area contributed by atoms with Crippen LogP contribution in [-0.4, -0.2) is 34.9 Å². The van der Waals surface area contributed by atoms with Crippen molar-refractivity contribution in [3.05, 3.63) is 77.2 Å². The number of carboxylic acids is 1. The number of aromatic nitrogens is 1. The highest BCUT2D eigenvalue weighted by molar-refractivity contribution is 5.72. The lowest BCUT2D eigenvalue weighted by atomic mass is 10.0. The fourth-order valence-electron chi connectivity index (χ4n) is 3.12. The van der Waals surface area contributed by atoms with Crippen molar-refractivity contribution in [1.82, 2.24) is 10.3 Å². The minimum Gasteiger partial charge on any atom is -0.479 e. The van der Waals surface area contributed by atoms with Gasteiger partial charge < -0.3 is 24.3 Å². The lowest BCUT2D eigenvalue weighted by Crippen LogP contribution is -2.26. The topological polar surface area (TPSA) is 111 Å². The molecule has 0 bridgehead atoms. The van der Waals surface area contributed by atoms with E-state index in [2.05, 4.69) is 10.3 Å². The number of amides is 1. The van der Waals surface area contributed by atoms with E-state index in [4.69, 9.17) is 13.9 Å². The summed E-state index contributed by atoms with van der Waals surface area (Å²) in [6.45, 7) is 4.08. The van der Waals surface area contributed by atoms with Crippen LogP contribution in [0.3, 0.4) is 0 Å². The summed E-state index contributed by atoms with van der Waals surface area (Å²) in [5.41, 5.74) is 3.03. The van der Waals surface area contributed by atoms with Gasteiger partial charge in [-0.05, 0) is 37.1 Å². The number of ether oxygens (including phenoxy) is 2. The molecule has 2 N–H and O–H groups in total. The molecule has 8 nitrogen and oxygen atoms in total. The molecule has 0 saturated carbocycles. The summed E-state index contributed by atoms with van der Waals surface area (Å²) in [6.07, 6.45) is -1.24. The Bertz CT molecular complexity index is 1050. The molecule has 168 valence electrons. The highest BCUT2D eigenvalue weighted by Gasteiger charge is 2.18. The number of aryl methyl sites for hydroxylation is 1. The molecule has 0 aliphatic carbocycles.